The molecule has 0 amide bonds. The number of fused-ring (bicyclic) bond motifs is 1. The predicted octanol–water partition coefficient (Wildman–Crippen LogP) is 5.16. The molecule has 40 heavy (non-hydrogen) atoms. The second-order valence-electron chi connectivity index (χ2n) is 9.79. The van der Waals surface area contributed by atoms with E-state index in [9.17, 15) is 22.8 Å². The maximum Gasteiger partial charge on any atom is 0.416 e. The Balaban J connectivity index is 1.52. The highest BCUT2D eigenvalue weighted by atomic mass is 35.5. The summed E-state index contributed by atoms with van der Waals surface area (Å²) in [7, 11) is 0. The number of benzene rings is 1. The van der Waals surface area contributed by atoms with Gasteiger partial charge in [-0.25, -0.2) is 4.79 Å². The number of carbonyl (C=O) groups excluding carboxylic acids is 1. The van der Waals surface area contributed by atoms with Gasteiger partial charge in [0, 0.05) is 37.4 Å². The lowest BCUT2D eigenvalue weighted by molar-refractivity contribution is -0.138. The average Bonchev–Trinajstić information content (AvgIpc) is 3.33. The van der Waals surface area contributed by atoms with Gasteiger partial charge in [-0.2, -0.15) is 28.1 Å². The van der Waals surface area contributed by atoms with E-state index in [0.29, 0.717) is 42.9 Å². The van der Waals surface area contributed by atoms with Crippen LogP contribution in [0.3, 0.4) is 0 Å². The maximum atomic E-state index is 13.8. The van der Waals surface area contributed by atoms with Crippen molar-refractivity contribution in [1.29, 1.82) is 0 Å². The number of carbonyl (C=O) groups is 1. The van der Waals surface area contributed by atoms with Gasteiger partial charge in [0.1, 0.15) is 5.02 Å². The van der Waals surface area contributed by atoms with Crippen LogP contribution in [-0.2, 0) is 28.6 Å². The first-order valence-electron chi connectivity index (χ1n) is 13.2. The smallest absolute Gasteiger partial charge is 0.416 e. The van der Waals surface area contributed by atoms with Gasteiger partial charge in [0.05, 0.1) is 30.1 Å². The molecule has 0 aliphatic carbocycles. The lowest BCUT2D eigenvalue weighted by Crippen LogP contribution is -2.36. The summed E-state index contributed by atoms with van der Waals surface area (Å²) in [5, 5.41) is 8.77. The zero-order valence-electron chi connectivity index (χ0n) is 22.1. The molecule has 5 rings (SSSR count). The van der Waals surface area contributed by atoms with E-state index in [4.69, 9.17) is 21.1 Å². The van der Waals surface area contributed by atoms with Crippen molar-refractivity contribution in [2.24, 2.45) is 0 Å². The quantitative estimate of drug-likeness (QED) is 0.373. The monoisotopic (exact) mass is 579 g/mol. The summed E-state index contributed by atoms with van der Waals surface area (Å²) in [6.45, 7) is 4.44. The molecular weight excluding hydrogens is 551 g/mol. The molecule has 4 heterocycles. The molecule has 2 aliphatic rings. The minimum Gasteiger partial charge on any atom is -0.461 e. The van der Waals surface area contributed by atoms with Crippen LogP contribution < -0.4 is 10.5 Å². The standard InChI is InChI=1S/C27H29ClF3N5O4/c1-3-39-26(38)24-18-15-34(21-14-32-36(25(37)23(21)28)22-10-6-7-13-40-22)12-11-20(18)35(33-24)16(2)17-8-4-5-9-19(17)27(29,30)31/h4-5,8-9,14,16,22H,3,6-7,10-13,15H2,1-2H3. The van der Waals surface area contributed by atoms with E-state index >= 15 is 0 Å². The van der Waals surface area contributed by atoms with Gasteiger partial charge in [-0.3, -0.25) is 9.48 Å². The molecule has 2 aromatic heterocycles. The van der Waals surface area contributed by atoms with Gasteiger partial charge in [0.25, 0.3) is 5.56 Å². The van der Waals surface area contributed by atoms with Crippen molar-refractivity contribution in [3.8, 4) is 0 Å². The number of ether oxygens (including phenoxy) is 2. The van der Waals surface area contributed by atoms with Crippen LogP contribution in [0.2, 0.25) is 5.02 Å². The lowest BCUT2D eigenvalue weighted by atomic mass is 9.99. The summed E-state index contributed by atoms with van der Waals surface area (Å²) >= 11 is 6.54. The molecule has 2 unspecified atom stereocenters. The minimum atomic E-state index is -4.55. The molecule has 0 N–H and O–H groups in total. The van der Waals surface area contributed by atoms with Crippen molar-refractivity contribution in [2.75, 3.05) is 24.7 Å². The number of rotatable bonds is 6. The molecule has 2 aliphatic heterocycles. The highest BCUT2D eigenvalue weighted by Gasteiger charge is 2.37. The summed E-state index contributed by atoms with van der Waals surface area (Å²) in [4.78, 5) is 27.8. The van der Waals surface area contributed by atoms with Gasteiger partial charge in [0.2, 0.25) is 0 Å². The number of aromatic nitrogens is 4. The van der Waals surface area contributed by atoms with E-state index in [1.807, 2.05) is 4.90 Å². The number of nitrogens with zero attached hydrogens (tertiary/aromatic N) is 5. The fourth-order valence-electron chi connectivity index (χ4n) is 5.36. The Bertz CT molecular complexity index is 1470. The summed E-state index contributed by atoms with van der Waals surface area (Å²) < 4.78 is 55.0. The molecule has 214 valence electrons. The topological polar surface area (TPSA) is 91.5 Å². The van der Waals surface area contributed by atoms with Crippen LogP contribution in [0, 0.1) is 0 Å². The summed E-state index contributed by atoms with van der Waals surface area (Å²) in [5.41, 5.74) is 0.346. The van der Waals surface area contributed by atoms with Crippen molar-refractivity contribution in [1.82, 2.24) is 19.6 Å². The van der Waals surface area contributed by atoms with Gasteiger partial charge < -0.3 is 14.4 Å². The Labute approximate surface area is 233 Å². The van der Waals surface area contributed by atoms with Gasteiger partial charge in [-0.1, -0.05) is 29.8 Å². The van der Waals surface area contributed by atoms with Gasteiger partial charge in [0.15, 0.2) is 11.9 Å². The number of alkyl halides is 3. The molecule has 1 fully saturated rings. The van der Waals surface area contributed by atoms with E-state index in [2.05, 4.69) is 10.2 Å². The summed E-state index contributed by atoms with van der Waals surface area (Å²) in [5.74, 6) is -0.676. The Kier molecular flexibility index (Phi) is 7.92. The Hall–Kier alpha value is -3.38. The average molecular weight is 580 g/mol. The van der Waals surface area contributed by atoms with Crippen LogP contribution in [0.25, 0.3) is 0 Å². The van der Waals surface area contributed by atoms with Crippen LogP contribution in [0.1, 0.15) is 78.3 Å². The first-order valence-corrected chi connectivity index (χ1v) is 13.6. The van der Waals surface area contributed by atoms with Crippen molar-refractivity contribution < 1.29 is 27.4 Å². The van der Waals surface area contributed by atoms with Gasteiger partial charge >= 0.3 is 12.1 Å². The molecule has 0 radical (unpaired) electrons. The lowest BCUT2D eigenvalue weighted by Gasteiger charge is -2.31. The maximum absolute atomic E-state index is 13.8. The summed E-state index contributed by atoms with van der Waals surface area (Å²) in [6, 6.07) is 4.51. The molecule has 13 heteroatoms. The molecule has 1 saturated heterocycles. The van der Waals surface area contributed by atoms with E-state index in [0.717, 1.165) is 18.9 Å². The fraction of sp³-hybridized carbons (Fsp3) is 0.481. The third kappa shape index (κ3) is 5.22. The summed E-state index contributed by atoms with van der Waals surface area (Å²) in [6.07, 6.45) is -0.687. The Morgan fingerprint density at radius 2 is 2.05 bits per heavy atom. The first-order chi connectivity index (χ1) is 19.1. The molecule has 1 aromatic carbocycles. The van der Waals surface area contributed by atoms with Crippen LogP contribution in [0.5, 0.6) is 0 Å². The Morgan fingerprint density at radius 1 is 1.27 bits per heavy atom. The number of halogens is 4. The number of anilines is 1. The van der Waals surface area contributed by atoms with Crippen LogP contribution in [0.15, 0.2) is 35.3 Å². The number of hydrogen-bond donors (Lipinski definition) is 0. The molecule has 2 atom stereocenters. The zero-order valence-corrected chi connectivity index (χ0v) is 22.8. The van der Waals surface area contributed by atoms with Gasteiger partial charge in [-0.15, -0.1) is 0 Å². The normalized spacial score (nSPS) is 18.4. The zero-order chi connectivity index (χ0) is 28.6. The first kappa shape index (κ1) is 28.2. The SMILES string of the molecule is CCOC(=O)c1nn(C(C)c2ccccc2C(F)(F)F)c2c1CN(c1cnn(C3CCCCO3)c(=O)c1Cl)CC2. The second-order valence-corrected chi connectivity index (χ2v) is 10.2. The third-order valence-electron chi connectivity index (χ3n) is 7.33. The van der Waals surface area contributed by atoms with Crippen LogP contribution in [-0.4, -0.2) is 45.3 Å². The van der Waals surface area contributed by atoms with E-state index < -0.39 is 35.5 Å². The molecule has 0 bridgehead atoms. The predicted molar refractivity (Wildman–Crippen MR) is 141 cm³/mol. The molecule has 0 spiro atoms. The largest absolute Gasteiger partial charge is 0.461 e. The minimum absolute atomic E-state index is 0.0194. The van der Waals surface area contributed by atoms with E-state index in [1.54, 1.807) is 19.9 Å². The highest BCUT2D eigenvalue weighted by Crippen LogP contribution is 2.38. The van der Waals surface area contributed by atoms with Gasteiger partial charge in [-0.05, 0) is 44.7 Å². The number of hydrogen-bond acceptors (Lipinski definition) is 7. The molecular formula is C27H29ClF3N5O4. The van der Waals surface area contributed by atoms with E-state index in [-0.39, 0.29) is 29.4 Å². The van der Waals surface area contributed by atoms with Crippen LogP contribution >= 0.6 is 11.6 Å². The third-order valence-corrected chi connectivity index (χ3v) is 7.69. The molecule has 9 nitrogen and oxygen atoms in total. The Morgan fingerprint density at radius 3 is 2.75 bits per heavy atom. The van der Waals surface area contributed by atoms with Crippen molar-refractivity contribution in [3.63, 3.8) is 0 Å². The van der Waals surface area contributed by atoms with Crippen molar-refractivity contribution >= 4 is 23.3 Å². The molecule has 3 aromatic rings. The van der Waals surface area contributed by atoms with Crippen molar-refractivity contribution in [2.45, 2.75) is 64.5 Å². The van der Waals surface area contributed by atoms with E-state index in [1.165, 1.54) is 27.7 Å². The highest BCUT2D eigenvalue weighted by molar-refractivity contribution is 6.33. The second kappa shape index (κ2) is 11.2. The van der Waals surface area contributed by atoms with Crippen LogP contribution in [0.4, 0.5) is 18.9 Å². The fourth-order valence-corrected chi connectivity index (χ4v) is 5.62. The molecule has 0 saturated carbocycles. The number of esters is 1. The van der Waals surface area contributed by atoms with Crippen molar-refractivity contribution in [3.05, 3.63) is 73.9 Å².